The van der Waals surface area contributed by atoms with E-state index in [0.29, 0.717) is 11.7 Å². The van der Waals surface area contributed by atoms with Gasteiger partial charge in [-0.2, -0.15) is 0 Å². The first-order valence-corrected chi connectivity index (χ1v) is 6.40. The lowest BCUT2D eigenvalue weighted by atomic mass is 10.0. The molecule has 4 nitrogen and oxygen atoms in total. The third kappa shape index (κ3) is 3.51. The fraction of sp³-hybridized carbons (Fsp3) is 0.188. The molecule has 1 N–H and O–H groups in total. The van der Waals surface area contributed by atoms with Crippen molar-refractivity contribution >= 4 is 12.0 Å². The van der Waals surface area contributed by atoms with Crippen LogP contribution in [-0.4, -0.2) is 21.0 Å². The summed E-state index contributed by atoms with van der Waals surface area (Å²) in [6.45, 7) is 4.29. The average molecular weight is 268 g/mol. The molecule has 0 aliphatic rings. The van der Waals surface area contributed by atoms with Crippen molar-refractivity contribution in [1.82, 2.24) is 9.97 Å². The quantitative estimate of drug-likeness (QED) is 0.863. The molecule has 0 amide bonds. The van der Waals surface area contributed by atoms with Gasteiger partial charge in [-0.25, -0.2) is 14.8 Å². The third-order valence-electron chi connectivity index (χ3n) is 2.92. The van der Waals surface area contributed by atoms with Gasteiger partial charge in [-0.3, -0.25) is 0 Å². The lowest BCUT2D eigenvalue weighted by Gasteiger charge is -2.06. The molecule has 0 fully saturated rings. The van der Waals surface area contributed by atoms with E-state index >= 15 is 0 Å². The monoisotopic (exact) mass is 268 g/mol. The summed E-state index contributed by atoms with van der Waals surface area (Å²) in [6, 6.07) is 10.00. The Balaban J connectivity index is 2.28. The molecule has 1 aromatic heterocycles. The molecule has 2 rings (SSSR count). The highest BCUT2D eigenvalue weighted by Gasteiger charge is 2.03. The topological polar surface area (TPSA) is 63.1 Å². The van der Waals surface area contributed by atoms with Gasteiger partial charge in [0.15, 0.2) is 5.82 Å². The Bertz CT molecular complexity index is 631. The summed E-state index contributed by atoms with van der Waals surface area (Å²) >= 11 is 0. The normalized spacial score (nSPS) is 11.2. The summed E-state index contributed by atoms with van der Waals surface area (Å²) in [4.78, 5) is 18.8. The molecule has 2 aromatic rings. The van der Waals surface area contributed by atoms with Crippen molar-refractivity contribution in [3.05, 3.63) is 54.0 Å². The molecular weight excluding hydrogens is 252 g/mol. The van der Waals surface area contributed by atoms with Crippen molar-refractivity contribution < 1.29 is 9.90 Å². The average Bonchev–Trinajstić information content (AvgIpc) is 2.45. The lowest BCUT2D eigenvalue weighted by molar-refractivity contribution is -0.131. The maximum absolute atomic E-state index is 10.5. The van der Waals surface area contributed by atoms with E-state index in [1.165, 1.54) is 11.6 Å². The molecule has 0 atom stereocenters. The van der Waals surface area contributed by atoms with Crippen molar-refractivity contribution in [3.63, 3.8) is 0 Å². The van der Waals surface area contributed by atoms with Crippen LogP contribution in [0.3, 0.4) is 0 Å². The number of aliphatic carboxylic acids is 1. The van der Waals surface area contributed by atoms with Gasteiger partial charge in [0.05, 0.1) is 5.69 Å². The van der Waals surface area contributed by atoms with Crippen LogP contribution in [0.5, 0.6) is 0 Å². The van der Waals surface area contributed by atoms with Crippen molar-refractivity contribution in [3.8, 4) is 11.3 Å². The Morgan fingerprint density at radius 2 is 1.90 bits per heavy atom. The number of nitrogens with zero attached hydrogens (tertiary/aromatic N) is 2. The smallest absolute Gasteiger partial charge is 0.328 e. The molecule has 0 unspecified atom stereocenters. The minimum atomic E-state index is -1.01. The number of carbonyl (C=O) groups is 1. The second kappa shape index (κ2) is 6.10. The van der Waals surface area contributed by atoms with E-state index in [9.17, 15) is 4.79 Å². The molecule has 0 saturated heterocycles. The van der Waals surface area contributed by atoms with Crippen LogP contribution >= 0.6 is 0 Å². The Morgan fingerprint density at radius 3 is 2.50 bits per heavy atom. The highest BCUT2D eigenvalue weighted by atomic mass is 16.4. The lowest BCUT2D eigenvalue weighted by Crippen LogP contribution is -1.93. The Hall–Kier alpha value is -2.49. The molecule has 1 heterocycles. The Kier molecular flexibility index (Phi) is 4.25. The van der Waals surface area contributed by atoms with E-state index in [1.807, 2.05) is 18.2 Å². The molecule has 20 heavy (non-hydrogen) atoms. The number of hydrogen-bond acceptors (Lipinski definition) is 3. The van der Waals surface area contributed by atoms with E-state index in [1.54, 1.807) is 6.20 Å². The van der Waals surface area contributed by atoms with E-state index in [4.69, 9.17) is 5.11 Å². The zero-order chi connectivity index (χ0) is 14.5. The molecule has 4 heteroatoms. The van der Waals surface area contributed by atoms with Gasteiger partial charge in [0.2, 0.25) is 0 Å². The predicted molar refractivity (Wildman–Crippen MR) is 78.2 cm³/mol. The number of carboxylic acid groups (broad SMARTS) is 1. The highest BCUT2D eigenvalue weighted by molar-refractivity contribution is 5.84. The first kappa shape index (κ1) is 13.9. The zero-order valence-electron chi connectivity index (χ0n) is 11.4. The molecule has 0 aliphatic carbocycles. The summed E-state index contributed by atoms with van der Waals surface area (Å²) in [5.74, 6) is -0.137. The molecule has 102 valence electrons. The van der Waals surface area contributed by atoms with Crippen LogP contribution in [0.1, 0.15) is 31.2 Å². The largest absolute Gasteiger partial charge is 0.478 e. The molecule has 1 aromatic carbocycles. The summed E-state index contributed by atoms with van der Waals surface area (Å²) in [6.07, 6.45) is 4.04. The van der Waals surface area contributed by atoms with Crippen LogP contribution in [0.2, 0.25) is 0 Å². The molecule has 0 bridgehead atoms. The molecule has 0 spiro atoms. The van der Waals surface area contributed by atoms with E-state index in [2.05, 4.69) is 35.9 Å². The van der Waals surface area contributed by atoms with Gasteiger partial charge in [0.25, 0.3) is 0 Å². The Morgan fingerprint density at radius 1 is 1.20 bits per heavy atom. The third-order valence-corrected chi connectivity index (χ3v) is 2.92. The number of rotatable bonds is 4. The number of benzene rings is 1. The molecule has 0 radical (unpaired) electrons. The van der Waals surface area contributed by atoms with Gasteiger partial charge < -0.3 is 5.11 Å². The van der Waals surface area contributed by atoms with E-state index in [-0.39, 0.29) is 0 Å². The highest BCUT2D eigenvalue weighted by Crippen LogP contribution is 2.21. The van der Waals surface area contributed by atoms with Gasteiger partial charge in [-0.15, -0.1) is 0 Å². The van der Waals surface area contributed by atoms with E-state index in [0.717, 1.165) is 17.3 Å². The van der Waals surface area contributed by atoms with Crippen LogP contribution in [0.25, 0.3) is 17.3 Å². The summed E-state index contributed by atoms with van der Waals surface area (Å²) in [5.41, 5.74) is 3.04. The van der Waals surface area contributed by atoms with Crippen LogP contribution < -0.4 is 0 Å². The fourth-order valence-corrected chi connectivity index (χ4v) is 1.80. The predicted octanol–water partition coefficient (Wildman–Crippen LogP) is 3.36. The van der Waals surface area contributed by atoms with Crippen LogP contribution in [-0.2, 0) is 4.79 Å². The maximum atomic E-state index is 10.5. The van der Waals surface area contributed by atoms with Gasteiger partial charge in [-0.05, 0) is 23.6 Å². The standard InChI is InChI=1S/C16H16N2O2/c1-11(2)12-3-5-13(6-4-12)14-9-10-17-15(18-14)7-8-16(19)20/h3-11H,1-2H3,(H,19,20)/b8-7+. The zero-order valence-corrected chi connectivity index (χ0v) is 11.4. The molecular formula is C16H16N2O2. The van der Waals surface area contributed by atoms with Crippen molar-refractivity contribution in [1.29, 1.82) is 0 Å². The first-order valence-electron chi connectivity index (χ1n) is 6.40. The number of hydrogen-bond donors (Lipinski definition) is 1. The Labute approximate surface area is 117 Å². The van der Waals surface area contributed by atoms with Crippen molar-refractivity contribution in [2.24, 2.45) is 0 Å². The minimum absolute atomic E-state index is 0.387. The first-order chi connectivity index (χ1) is 9.56. The van der Waals surface area contributed by atoms with Crippen LogP contribution in [0, 0.1) is 0 Å². The van der Waals surface area contributed by atoms with Crippen LogP contribution in [0.15, 0.2) is 42.6 Å². The number of carboxylic acids is 1. The SMILES string of the molecule is CC(C)c1ccc(-c2ccnc(/C=C/C(=O)O)n2)cc1. The van der Waals surface area contributed by atoms with Gasteiger partial charge in [0, 0.05) is 17.8 Å². The summed E-state index contributed by atoms with van der Waals surface area (Å²) < 4.78 is 0. The van der Waals surface area contributed by atoms with E-state index < -0.39 is 5.97 Å². The van der Waals surface area contributed by atoms with Crippen molar-refractivity contribution in [2.75, 3.05) is 0 Å². The van der Waals surface area contributed by atoms with Gasteiger partial charge in [0.1, 0.15) is 0 Å². The van der Waals surface area contributed by atoms with Gasteiger partial charge >= 0.3 is 5.97 Å². The second-order valence-electron chi connectivity index (χ2n) is 4.75. The minimum Gasteiger partial charge on any atom is -0.478 e. The molecule has 0 aliphatic heterocycles. The van der Waals surface area contributed by atoms with Gasteiger partial charge in [-0.1, -0.05) is 38.1 Å². The summed E-state index contributed by atoms with van der Waals surface area (Å²) in [7, 11) is 0. The van der Waals surface area contributed by atoms with Crippen LogP contribution in [0.4, 0.5) is 0 Å². The number of aromatic nitrogens is 2. The second-order valence-corrected chi connectivity index (χ2v) is 4.75. The molecule has 0 saturated carbocycles. The summed E-state index contributed by atoms with van der Waals surface area (Å²) in [5, 5.41) is 8.60. The maximum Gasteiger partial charge on any atom is 0.328 e. The fourth-order valence-electron chi connectivity index (χ4n) is 1.80. The van der Waals surface area contributed by atoms with Crippen molar-refractivity contribution in [2.45, 2.75) is 19.8 Å².